The number of amides is 2. The van der Waals surface area contributed by atoms with E-state index in [0.717, 1.165) is 0 Å². The molecule has 0 aromatic heterocycles. The van der Waals surface area contributed by atoms with Gasteiger partial charge in [0.05, 0.1) is 28.9 Å². The van der Waals surface area contributed by atoms with Gasteiger partial charge in [0.2, 0.25) is 0 Å². The molecule has 2 rings (SSSR count). The van der Waals surface area contributed by atoms with Crippen molar-refractivity contribution in [1.29, 1.82) is 0 Å². The number of nitrogens with one attached hydrogen (secondary N) is 2. The highest BCUT2D eigenvalue weighted by molar-refractivity contribution is 6.34. The Bertz CT molecular complexity index is 1050. The Morgan fingerprint density at radius 3 is 2.56 bits per heavy atom. The van der Waals surface area contributed by atoms with Gasteiger partial charge in [-0.2, -0.15) is 5.10 Å². The lowest BCUT2D eigenvalue weighted by molar-refractivity contribution is -0.123. The fraction of sp³-hybridized carbons (Fsp3) is 0.261. The van der Waals surface area contributed by atoms with Crippen molar-refractivity contribution in [3.8, 4) is 23.8 Å². The molecule has 32 heavy (non-hydrogen) atoms. The van der Waals surface area contributed by atoms with Gasteiger partial charge in [-0.25, -0.2) is 5.43 Å². The van der Waals surface area contributed by atoms with Gasteiger partial charge in [0.15, 0.2) is 11.5 Å². The van der Waals surface area contributed by atoms with Crippen molar-refractivity contribution in [2.75, 3.05) is 13.7 Å². The molecule has 0 saturated heterocycles. The first-order valence-corrected chi connectivity index (χ1v) is 10.4. The first kappa shape index (κ1) is 25.1. The van der Waals surface area contributed by atoms with E-state index < -0.39 is 17.9 Å². The number of nitrogens with zero attached hydrogens (tertiary/aromatic N) is 1. The Morgan fingerprint density at radius 1 is 1.22 bits per heavy atom. The number of hydrogen-bond acceptors (Lipinski definition) is 5. The lowest BCUT2D eigenvalue weighted by atomic mass is 10.0. The number of methoxy groups -OCH3 is 1. The second-order valence-corrected chi connectivity index (χ2v) is 7.75. The molecule has 0 aliphatic rings. The normalized spacial score (nSPS) is 11.7. The van der Waals surface area contributed by atoms with Crippen molar-refractivity contribution < 1.29 is 19.1 Å². The summed E-state index contributed by atoms with van der Waals surface area (Å²) in [5.41, 5.74) is 3.27. The average molecular weight is 476 g/mol. The van der Waals surface area contributed by atoms with Crippen LogP contribution in [0.5, 0.6) is 11.5 Å². The van der Waals surface area contributed by atoms with Crippen LogP contribution in [0.2, 0.25) is 10.0 Å². The number of carbonyl (C=O) groups is 2. The maximum absolute atomic E-state index is 12.6. The predicted molar refractivity (Wildman–Crippen MR) is 126 cm³/mol. The zero-order valence-corrected chi connectivity index (χ0v) is 19.3. The molecule has 2 amide bonds. The second-order valence-electron chi connectivity index (χ2n) is 6.94. The molecule has 0 bridgehead atoms. The van der Waals surface area contributed by atoms with Crippen LogP contribution in [0.1, 0.15) is 29.8 Å². The van der Waals surface area contributed by atoms with E-state index in [4.69, 9.17) is 39.1 Å². The topological polar surface area (TPSA) is 89.0 Å². The number of rotatable bonds is 9. The minimum Gasteiger partial charge on any atom is -0.493 e. The molecule has 0 aliphatic heterocycles. The minimum atomic E-state index is -0.825. The van der Waals surface area contributed by atoms with Crippen LogP contribution in [0, 0.1) is 18.3 Å². The van der Waals surface area contributed by atoms with Gasteiger partial charge in [-0.05, 0) is 35.7 Å². The molecule has 0 saturated carbocycles. The van der Waals surface area contributed by atoms with Gasteiger partial charge < -0.3 is 14.8 Å². The average Bonchev–Trinajstić information content (AvgIpc) is 2.76. The number of benzene rings is 2. The highest BCUT2D eigenvalue weighted by atomic mass is 35.5. The van der Waals surface area contributed by atoms with E-state index in [1.807, 2.05) is 0 Å². The number of ether oxygens (including phenoxy) is 2. The summed E-state index contributed by atoms with van der Waals surface area (Å²) in [6, 6.07) is 8.99. The number of hydrazone groups is 1. The van der Waals surface area contributed by atoms with Crippen molar-refractivity contribution in [3.05, 3.63) is 57.6 Å². The molecule has 1 atom stereocenters. The molecule has 2 aromatic carbocycles. The van der Waals surface area contributed by atoms with Gasteiger partial charge in [-0.3, -0.25) is 9.59 Å². The molecule has 0 radical (unpaired) electrons. The second kappa shape index (κ2) is 12.0. The lowest BCUT2D eigenvalue weighted by Gasteiger charge is -2.20. The fourth-order valence-electron chi connectivity index (χ4n) is 2.71. The molecule has 2 aromatic rings. The van der Waals surface area contributed by atoms with Gasteiger partial charge >= 0.3 is 0 Å². The van der Waals surface area contributed by atoms with Gasteiger partial charge in [-0.15, -0.1) is 6.42 Å². The molecule has 0 fully saturated rings. The van der Waals surface area contributed by atoms with Crippen molar-refractivity contribution >= 4 is 41.2 Å². The third-order valence-electron chi connectivity index (χ3n) is 4.29. The van der Waals surface area contributed by atoms with E-state index >= 15 is 0 Å². The maximum Gasteiger partial charge on any atom is 0.262 e. The monoisotopic (exact) mass is 475 g/mol. The molecular formula is C23H23Cl2N3O4. The summed E-state index contributed by atoms with van der Waals surface area (Å²) in [6.45, 7) is 3.65. The van der Waals surface area contributed by atoms with Gasteiger partial charge in [0.1, 0.15) is 12.6 Å². The van der Waals surface area contributed by atoms with Crippen LogP contribution in [0.4, 0.5) is 0 Å². The lowest BCUT2D eigenvalue weighted by Crippen LogP contribution is -2.48. The smallest absolute Gasteiger partial charge is 0.262 e. The maximum atomic E-state index is 12.6. The van der Waals surface area contributed by atoms with E-state index in [9.17, 15) is 9.59 Å². The first-order valence-electron chi connectivity index (χ1n) is 9.60. The number of hydrogen-bond donors (Lipinski definition) is 2. The van der Waals surface area contributed by atoms with Crippen molar-refractivity contribution in [3.63, 3.8) is 0 Å². The van der Waals surface area contributed by atoms with Crippen LogP contribution in [0.25, 0.3) is 0 Å². The third kappa shape index (κ3) is 6.64. The molecule has 0 aliphatic carbocycles. The molecular weight excluding hydrogens is 453 g/mol. The Morgan fingerprint density at radius 2 is 1.94 bits per heavy atom. The number of halogens is 2. The van der Waals surface area contributed by atoms with E-state index in [-0.39, 0.29) is 23.1 Å². The van der Waals surface area contributed by atoms with Gasteiger partial charge in [0.25, 0.3) is 11.8 Å². The van der Waals surface area contributed by atoms with E-state index in [1.54, 1.807) is 50.2 Å². The van der Waals surface area contributed by atoms with Crippen LogP contribution in [0.3, 0.4) is 0 Å². The van der Waals surface area contributed by atoms with Crippen molar-refractivity contribution in [2.24, 2.45) is 11.0 Å². The van der Waals surface area contributed by atoms with Crippen LogP contribution < -0.4 is 20.2 Å². The standard InChI is InChI=1S/C23H23Cl2N3O4/c1-5-10-32-21-18(25)11-15(12-19(21)31-4)13-26-28-23(30)20(14(2)3)27-22(29)16-8-6-7-9-17(16)24/h1,6-9,11-14,20H,10H2,2-4H3,(H,27,29)(H,28,30)/b26-13+. The zero-order chi connectivity index (χ0) is 23.7. The largest absolute Gasteiger partial charge is 0.493 e. The van der Waals surface area contributed by atoms with Crippen molar-refractivity contribution in [1.82, 2.24) is 10.7 Å². The molecule has 0 spiro atoms. The van der Waals surface area contributed by atoms with E-state index in [0.29, 0.717) is 22.1 Å². The number of carbonyl (C=O) groups excluding carboxylic acids is 2. The third-order valence-corrected chi connectivity index (χ3v) is 4.90. The van der Waals surface area contributed by atoms with Crippen LogP contribution in [-0.2, 0) is 4.79 Å². The SMILES string of the molecule is C#CCOc1c(Cl)cc(/C=N/NC(=O)C(NC(=O)c2ccccc2Cl)C(C)C)cc1OC. The summed E-state index contributed by atoms with van der Waals surface area (Å²) in [5.74, 6) is 1.91. The van der Waals surface area contributed by atoms with Crippen LogP contribution in [-0.4, -0.2) is 37.8 Å². The molecule has 0 heterocycles. The van der Waals surface area contributed by atoms with Crippen molar-refractivity contribution in [2.45, 2.75) is 19.9 Å². The summed E-state index contributed by atoms with van der Waals surface area (Å²) in [5, 5.41) is 7.23. The zero-order valence-electron chi connectivity index (χ0n) is 17.8. The summed E-state index contributed by atoms with van der Waals surface area (Å²) in [7, 11) is 1.46. The highest BCUT2D eigenvalue weighted by Gasteiger charge is 2.25. The molecule has 7 nitrogen and oxygen atoms in total. The van der Waals surface area contributed by atoms with E-state index in [2.05, 4.69) is 21.8 Å². The quantitative estimate of drug-likeness (QED) is 0.326. The summed E-state index contributed by atoms with van der Waals surface area (Å²) in [4.78, 5) is 25.2. The Balaban J connectivity index is 2.10. The minimum absolute atomic E-state index is 0.0378. The Labute approximate surface area is 197 Å². The van der Waals surface area contributed by atoms with E-state index in [1.165, 1.54) is 13.3 Å². The fourth-order valence-corrected chi connectivity index (χ4v) is 3.20. The predicted octanol–water partition coefficient (Wildman–Crippen LogP) is 3.92. The first-order chi connectivity index (χ1) is 15.3. The Hall–Kier alpha value is -3.21. The highest BCUT2D eigenvalue weighted by Crippen LogP contribution is 2.35. The molecule has 168 valence electrons. The number of terminal acetylenes is 1. The summed E-state index contributed by atoms with van der Waals surface area (Å²) >= 11 is 12.3. The molecule has 1 unspecified atom stereocenters. The van der Waals surface area contributed by atoms with Gasteiger partial charge in [-0.1, -0.05) is 55.1 Å². The van der Waals surface area contributed by atoms with Gasteiger partial charge in [0, 0.05) is 0 Å². The Kier molecular flexibility index (Phi) is 9.39. The molecule has 9 heteroatoms. The van der Waals surface area contributed by atoms with Crippen LogP contribution >= 0.6 is 23.2 Å². The summed E-state index contributed by atoms with van der Waals surface area (Å²) in [6.07, 6.45) is 6.60. The van der Waals surface area contributed by atoms with Crippen LogP contribution in [0.15, 0.2) is 41.5 Å². The summed E-state index contributed by atoms with van der Waals surface area (Å²) < 4.78 is 10.7. The molecule has 2 N–H and O–H groups in total.